The lowest BCUT2D eigenvalue weighted by atomic mass is 9.95. The van der Waals surface area contributed by atoms with Gasteiger partial charge in [-0.05, 0) is 60.9 Å². The highest BCUT2D eigenvalue weighted by atomic mass is 16.3. The first-order valence-electron chi connectivity index (χ1n) is 10.9. The molecule has 1 aliphatic carbocycles. The van der Waals surface area contributed by atoms with Crippen molar-refractivity contribution in [2.75, 3.05) is 12.4 Å². The Bertz CT molecular complexity index is 1060. The van der Waals surface area contributed by atoms with Crippen molar-refractivity contribution in [1.29, 1.82) is 0 Å². The Morgan fingerprint density at radius 1 is 1.20 bits per heavy atom. The molecule has 1 aromatic carbocycles. The van der Waals surface area contributed by atoms with Gasteiger partial charge in [-0.1, -0.05) is 19.4 Å². The van der Waals surface area contributed by atoms with Gasteiger partial charge in [-0.3, -0.25) is 14.8 Å². The Balaban J connectivity index is 1.77. The van der Waals surface area contributed by atoms with Crippen LogP contribution in [0.15, 0.2) is 36.7 Å². The first-order chi connectivity index (χ1) is 14.6. The van der Waals surface area contributed by atoms with Gasteiger partial charge in [-0.15, -0.1) is 0 Å². The molecule has 156 valence electrons. The average Bonchev–Trinajstić information content (AvgIpc) is 3.60. The number of carbonyl (C=O) groups is 1. The Hall–Kier alpha value is -2.79. The maximum absolute atomic E-state index is 12.8. The number of rotatable bonds is 9. The molecule has 30 heavy (non-hydrogen) atoms. The standard InChI is InChI=1S/C25H29N3O2/c1-3-4-5-19-9-8-17(13-27-19)20-12-21-23(11-18(20)15-29)28-14-22(25(21)26-2)24(30)10-16-6-7-16/h8-9,11-14,16,29H,3-7,10,15H2,1-2H3,(H,26,28). The van der Waals surface area contributed by atoms with Gasteiger partial charge in [0, 0.05) is 42.5 Å². The van der Waals surface area contributed by atoms with Crippen LogP contribution < -0.4 is 5.32 Å². The van der Waals surface area contributed by atoms with E-state index in [1.54, 1.807) is 6.20 Å². The van der Waals surface area contributed by atoms with Gasteiger partial charge in [0.25, 0.3) is 0 Å². The Morgan fingerprint density at radius 3 is 2.67 bits per heavy atom. The average molecular weight is 404 g/mol. The third-order valence-corrected chi connectivity index (χ3v) is 5.91. The van der Waals surface area contributed by atoms with Crippen LogP contribution in [-0.2, 0) is 13.0 Å². The molecule has 3 aromatic rings. The molecular weight excluding hydrogens is 374 g/mol. The van der Waals surface area contributed by atoms with E-state index < -0.39 is 0 Å². The fourth-order valence-corrected chi connectivity index (χ4v) is 3.95. The molecule has 2 heterocycles. The van der Waals surface area contributed by atoms with Crippen LogP contribution in [0.1, 0.15) is 60.6 Å². The molecule has 0 radical (unpaired) electrons. The highest BCUT2D eigenvalue weighted by Crippen LogP contribution is 2.37. The number of hydrogen-bond acceptors (Lipinski definition) is 5. The SMILES string of the molecule is CCCCc1ccc(-c2cc3c(NC)c(C(=O)CC4CC4)cnc3cc2CO)cn1. The van der Waals surface area contributed by atoms with Crippen molar-refractivity contribution in [3.63, 3.8) is 0 Å². The zero-order valence-electron chi connectivity index (χ0n) is 17.7. The highest BCUT2D eigenvalue weighted by Gasteiger charge is 2.26. The molecule has 5 nitrogen and oxygen atoms in total. The van der Waals surface area contributed by atoms with E-state index >= 15 is 0 Å². The minimum Gasteiger partial charge on any atom is -0.392 e. The number of ketones is 1. The lowest BCUT2D eigenvalue weighted by Crippen LogP contribution is -2.07. The highest BCUT2D eigenvalue weighted by molar-refractivity contribution is 6.09. The van der Waals surface area contributed by atoms with Crippen molar-refractivity contribution in [3.8, 4) is 11.1 Å². The van der Waals surface area contributed by atoms with Crippen LogP contribution in [0, 0.1) is 5.92 Å². The number of aliphatic hydroxyl groups excluding tert-OH is 1. The number of fused-ring (bicyclic) bond motifs is 1. The summed E-state index contributed by atoms with van der Waals surface area (Å²) in [6.07, 6.45) is 9.67. The van der Waals surface area contributed by atoms with Crippen LogP contribution in [0.2, 0.25) is 0 Å². The van der Waals surface area contributed by atoms with Gasteiger partial charge in [-0.2, -0.15) is 0 Å². The summed E-state index contributed by atoms with van der Waals surface area (Å²) in [5.74, 6) is 0.675. The van der Waals surface area contributed by atoms with Gasteiger partial charge in [0.15, 0.2) is 5.78 Å². The van der Waals surface area contributed by atoms with Gasteiger partial charge in [-0.25, -0.2) is 0 Å². The Kier molecular flexibility index (Phi) is 6.09. The molecule has 1 fully saturated rings. The van der Waals surface area contributed by atoms with E-state index in [2.05, 4.69) is 34.3 Å². The number of hydrogen-bond donors (Lipinski definition) is 2. The number of benzene rings is 1. The minimum atomic E-state index is -0.0816. The first-order valence-corrected chi connectivity index (χ1v) is 10.9. The maximum atomic E-state index is 12.8. The first kappa shape index (κ1) is 20.5. The molecule has 4 rings (SSSR count). The van der Waals surface area contributed by atoms with Gasteiger partial charge in [0.05, 0.1) is 23.4 Å². The number of nitrogens with one attached hydrogen (secondary N) is 1. The van der Waals surface area contributed by atoms with Crippen LogP contribution >= 0.6 is 0 Å². The number of pyridine rings is 2. The zero-order valence-corrected chi connectivity index (χ0v) is 17.7. The lowest BCUT2D eigenvalue weighted by molar-refractivity contribution is 0.0976. The number of aliphatic hydroxyl groups is 1. The molecular formula is C25H29N3O2. The van der Waals surface area contributed by atoms with Crippen LogP contribution in [-0.4, -0.2) is 27.9 Å². The van der Waals surface area contributed by atoms with E-state index in [9.17, 15) is 9.90 Å². The number of anilines is 1. The minimum absolute atomic E-state index is 0.0816. The summed E-state index contributed by atoms with van der Waals surface area (Å²) in [7, 11) is 1.84. The van der Waals surface area contributed by atoms with Crippen molar-refractivity contribution in [1.82, 2.24) is 9.97 Å². The molecule has 2 aromatic heterocycles. The topological polar surface area (TPSA) is 75.1 Å². The van der Waals surface area contributed by atoms with Gasteiger partial charge < -0.3 is 10.4 Å². The second-order valence-corrected chi connectivity index (χ2v) is 8.19. The number of unbranched alkanes of at least 4 members (excludes halogenated alkanes) is 1. The van der Waals surface area contributed by atoms with Gasteiger partial charge in [0.1, 0.15) is 0 Å². The summed E-state index contributed by atoms with van der Waals surface area (Å²) in [6, 6.07) is 8.05. The lowest BCUT2D eigenvalue weighted by Gasteiger charge is -2.15. The number of carbonyl (C=O) groups excluding carboxylic acids is 1. The van der Waals surface area contributed by atoms with Gasteiger partial charge >= 0.3 is 0 Å². The number of nitrogens with zero attached hydrogens (tertiary/aromatic N) is 2. The zero-order chi connectivity index (χ0) is 21.1. The van der Waals surface area contributed by atoms with Crippen molar-refractivity contribution >= 4 is 22.4 Å². The van der Waals surface area contributed by atoms with Crippen LogP contribution in [0.4, 0.5) is 5.69 Å². The van der Waals surface area contributed by atoms with Crippen molar-refractivity contribution in [3.05, 3.63) is 53.5 Å². The molecule has 5 heteroatoms. The second-order valence-electron chi connectivity index (χ2n) is 8.19. The molecule has 0 aliphatic heterocycles. The fraction of sp³-hybridized carbons (Fsp3) is 0.400. The second kappa shape index (κ2) is 8.92. The summed E-state index contributed by atoms with van der Waals surface area (Å²) in [4.78, 5) is 21.9. The summed E-state index contributed by atoms with van der Waals surface area (Å²) >= 11 is 0. The van der Waals surface area contributed by atoms with Crippen molar-refractivity contribution in [2.24, 2.45) is 5.92 Å². The fourth-order valence-electron chi connectivity index (χ4n) is 3.95. The molecule has 0 bridgehead atoms. The summed E-state index contributed by atoms with van der Waals surface area (Å²) < 4.78 is 0. The maximum Gasteiger partial charge on any atom is 0.166 e. The molecule has 0 amide bonds. The van der Waals surface area contributed by atoms with E-state index in [0.29, 0.717) is 17.9 Å². The summed E-state index contributed by atoms with van der Waals surface area (Å²) in [5.41, 5.74) is 5.98. The van der Waals surface area contributed by atoms with Crippen molar-refractivity contribution < 1.29 is 9.90 Å². The smallest absolute Gasteiger partial charge is 0.166 e. The number of aryl methyl sites for hydroxylation is 1. The quantitative estimate of drug-likeness (QED) is 0.483. The normalized spacial score (nSPS) is 13.6. The monoisotopic (exact) mass is 403 g/mol. The van der Waals surface area contributed by atoms with Crippen LogP contribution in [0.5, 0.6) is 0 Å². The molecule has 1 aliphatic rings. The number of aromatic nitrogens is 2. The summed E-state index contributed by atoms with van der Waals surface area (Å²) in [5, 5.41) is 14.1. The van der Waals surface area contributed by atoms with Crippen LogP contribution in [0.25, 0.3) is 22.0 Å². The third-order valence-electron chi connectivity index (χ3n) is 5.91. The number of Topliss-reactive ketones (excluding diaryl/α,β-unsaturated/α-hetero) is 1. The van der Waals surface area contributed by atoms with E-state index in [-0.39, 0.29) is 12.4 Å². The van der Waals surface area contributed by atoms with Crippen LogP contribution in [0.3, 0.4) is 0 Å². The third kappa shape index (κ3) is 4.21. The van der Waals surface area contributed by atoms with E-state index in [1.807, 2.05) is 25.4 Å². The van der Waals surface area contributed by atoms with Crippen molar-refractivity contribution in [2.45, 2.75) is 52.1 Å². The molecule has 0 atom stereocenters. The predicted octanol–water partition coefficient (Wildman–Crippen LogP) is 5.16. The Morgan fingerprint density at radius 2 is 2.03 bits per heavy atom. The molecule has 0 unspecified atom stereocenters. The van der Waals surface area contributed by atoms with E-state index in [4.69, 9.17) is 0 Å². The van der Waals surface area contributed by atoms with E-state index in [0.717, 1.165) is 71.1 Å². The summed E-state index contributed by atoms with van der Waals surface area (Å²) in [6.45, 7) is 2.09. The molecule has 1 saturated carbocycles. The largest absolute Gasteiger partial charge is 0.392 e. The van der Waals surface area contributed by atoms with E-state index in [1.165, 1.54) is 0 Å². The molecule has 0 spiro atoms. The Labute approximate surface area is 177 Å². The molecule has 0 saturated heterocycles. The predicted molar refractivity (Wildman–Crippen MR) is 121 cm³/mol. The van der Waals surface area contributed by atoms with Gasteiger partial charge in [0.2, 0.25) is 0 Å². The molecule has 2 N–H and O–H groups in total.